The topological polar surface area (TPSA) is 89.0 Å². The molecule has 1 fully saturated rings. The quantitative estimate of drug-likeness (QED) is 0.191. The number of anilines is 1. The lowest BCUT2D eigenvalue weighted by molar-refractivity contribution is -0.132. The number of aromatic nitrogens is 1. The van der Waals surface area contributed by atoms with Crippen LogP contribution in [-0.2, 0) is 9.59 Å². The van der Waals surface area contributed by atoms with Crippen molar-refractivity contribution in [1.29, 1.82) is 0 Å². The predicted molar refractivity (Wildman–Crippen MR) is 140 cm³/mol. The maximum atomic E-state index is 13.4. The fraction of sp³-hybridized carbons (Fsp3) is 0.148. The highest BCUT2D eigenvalue weighted by Crippen LogP contribution is 2.44. The maximum absolute atomic E-state index is 13.4. The molecule has 1 unspecified atom stereocenters. The summed E-state index contributed by atoms with van der Waals surface area (Å²) < 4.78 is 11.5. The van der Waals surface area contributed by atoms with Crippen molar-refractivity contribution in [1.82, 2.24) is 4.98 Å². The Labute approximate surface area is 216 Å². The molecule has 9 heteroatoms. The van der Waals surface area contributed by atoms with Crippen LogP contribution < -0.4 is 14.4 Å². The van der Waals surface area contributed by atoms with E-state index in [0.717, 1.165) is 4.70 Å². The van der Waals surface area contributed by atoms with Gasteiger partial charge in [-0.15, -0.1) is 0 Å². The number of hydrogen-bond donors (Lipinski definition) is 1. The lowest BCUT2D eigenvalue weighted by atomic mass is 9.95. The predicted octanol–water partition coefficient (Wildman–Crippen LogP) is 5.98. The number of carbonyl (C=O) groups is 2. The smallest absolute Gasteiger partial charge is 0.301 e. The third-order valence-electron chi connectivity index (χ3n) is 5.86. The van der Waals surface area contributed by atoms with Gasteiger partial charge in [0.2, 0.25) is 0 Å². The van der Waals surface area contributed by atoms with Gasteiger partial charge in [0.15, 0.2) is 5.13 Å². The summed E-state index contributed by atoms with van der Waals surface area (Å²) in [5.74, 6) is -0.581. The zero-order chi connectivity index (χ0) is 25.4. The van der Waals surface area contributed by atoms with Crippen molar-refractivity contribution in [3.8, 4) is 11.5 Å². The molecule has 1 aromatic heterocycles. The van der Waals surface area contributed by atoms with E-state index in [9.17, 15) is 14.7 Å². The van der Waals surface area contributed by atoms with Gasteiger partial charge >= 0.3 is 5.91 Å². The van der Waals surface area contributed by atoms with Crippen LogP contribution in [-0.4, -0.2) is 35.5 Å². The Bertz CT molecular complexity index is 1500. The van der Waals surface area contributed by atoms with Crippen LogP contribution in [0.25, 0.3) is 16.0 Å². The van der Waals surface area contributed by atoms with Gasteiger partial charge in [0.05, 0.1) is 35.5 Å². The lowest BCUT2D eigenvalue weighted by Crippen LogP contribution is -2.29. The molecular formula is C27H21ClN2O5S. The molecule has 7 nitrogen and oxygen atoms in total. The van der Waals surface area contributed by atoms with E-state index in [-0.39, 0.29) is 11.3 Å². The summed E-state index contributed by atoms with van der Waals surface area (Å²) in [6, 6.07) is 18.1. The van der Waals surface area contributed by atoms with Gasteiger partial charge in [-0.25, -0.2) is 4.98 Å². The van der Waals surface area contributed by atoms with Crippen molar-refractivity contribution in [2.45, 2.75) is 13.0 Å². The number of methoxy groups -OCH3 is 1. The molecule has 0 aliphatic carbocycles. The van der Waals surface area contributed by atoms with Crippen LogP contribution in [0.4, 0.5) is 5.13 Å². The van der Waals surface area contributed by atoms with Gasteiger partial charge in [-0.3, -0.25) is 14.5 Å². The van der Waals surface area contributed by atoms with Crippen molar-refractivity contribution in [2.24, 2.45) is 0 Å². The number of ether oxygens (including phenoxy) is 2. The first kappa shape index (κ1) is 23.8. The molecule has 36 heavy (non-hydrogen) atoms. The molecule has 1 amide bonds. The van der Waals surface area contributed by atoms with E-state index in [1.165, 1.54) is 16.2 Å². The molecule has 1 atom stereocenters. The minimum absolute atomic E-state index is 0.0217. The van der Waals surface area contributed by atoms with E-state index in [4.69, 9.17) is 21.1 Å². The number of hydrogen-bond acceptors (Lipinski definition) is 7. The lowest BCUT2D eigenvalue weighted by Gasteiger charge is -2.23. The van der Waals surface area contributed by atoms with Gasteiger partial charge in [-0.05, 0) is 67.1 Å². The number of fused-ring (bicyclic) bond motifs is 1. The number of ketones is 1. The highest BCUT2D eigenvalue weighted by Gasteiger charge is 2.48. The van der Waals surface area contributed by atoms with Gasteiger partial charge < -0.3 is 14.6 Å². The number of nitrogens with zero attached hydrogens (tertiary/aromatic N) is 2. The number of benzene rings is 3. The Kier molecular flexibility index (Phi) is 6.38. The average molecular weight is 521 g/mol. The minimum Gasteiger partial charge on any atom is -0.507 e. The summed E-state index contributed by atoms with van der Waals surface area (Å²) in [6.07, 6.45) is 0. The monoisotopic (exact) mass is 520 g/mol. The summed E-state index contributed by atoms with van der Waals surface area (Å²) in [6.45, 7) is 2.38. The molecule has 3 aromatic carbocycles. The summed E-state index contributed by atoms with van der Waals surface area (Å²) >= 11 is 7.39. The van der Waals surface area contributed by atoms with E-state index in [2.05, 4.69) is 4.98 Å². The minimum atomic E-state index is -0.890. The molecule has 5 rings (SSSR count). The van der Waals surface area contributed by atoms with Crippen molar-refractivity contribution >= 4 is 55.7 Å². The second kappa shape index (κ2) is 9.64. The van der Waals surface area contributed by atoms with Crippen LogP contribution in [0.5, 0.6) is 11.5 Å². The highest BCUT2D eigenvalue weighted by molar-refractivity contribution is 7.22. The van der Waals surface area contributed by atoms with E-state index < -0.39 is 17.7 Å². The van der Waals surface area contributed by atoms with Gasteiger partial charge in [0, 0.05) is 10.6 Å². The second-order valence-corrected chi connectivity index (χ2v) is 9.45. The number of aliphatic hydroxyl groups is 1. The number of Topliss-reactive ketones (excluding diaryl/α,β-unsaturated/α-hetero) is 1. The molecule has 4 aromatic rings. The van der Waals surface area contributed by atoms with Crippen molar-refractivity contribution < 1.29 is 24.2 Å². The summed E-state index contributed by atoms with van der Waals surface area (Å²) in [4.78, 5) is 32.6. The maximum Gasteiger partial charge on any atom is 0.301 e. The molecule has 0 radical (unpaired) electrons. The Morgan fingerprint density at radius 3 is 2.42 bits per heavy atom. The first-order valence-electron chi connectivity index (χ1n) is 11.2. The largest absolute Gasteiger partial charge is 0.507 e. The third-order valence-corrected chi connectivity index (χ3v) is 7.11. The van der Waals surface area contributed by atoms with Crippen LogP contribution in [0.3, 0.4) is 0 Å². The molecule has 1 aliphatic rings. The van der Waals surface area contributed by atoms with Gasteiger partial charge in [-0.1, -0.05) is 35.1 Å². The second-order valence-electron chi connectivity index (χ2n) is 8.01. The summed E-state index contributed by atoms with van der Waals surface area (Å²) in [5, 5.41) is 12.2. The number of amides is 1. The van der Waals surface area contributed by atoms with Crippen molar-refractivity contribution in [3.63, 3.8) is 0 Å². The summed E-state index contributed by atoms with van der Waals surface area (Å²) in [7, 11) is 1.55. The SMILES string of the molecule is CCOc1ccc(/C(O)=C2\C(=O)C(=O)N(c3nc4ccc(Cl)cc4s3)C2c2ccc(OC)cc2)cc1. The zero-order valence-corrected chi connectivity index (χ0v) is 21.0. The number of aliphatic hydroxyl groups excluding tert-OH is 1. The fourth-order valence-corrected chi connectivity index (χ4v) is 5.42. The van der Waals surface area contributed by atoms with Crippen LogP contribution >= 0.6 is 22.9 Å². The Balaban J connectivity index is 1.68. The van der Waals surface area contributed by atoms with E-state index in [1.807, 2.05) is 6.92 Å². The average Bonchev–Trinajstić information content (AvgIpc) is 3.42. The Morgan fingerprint density at radius 2 is 1.75 bits per heavy atom. The van der Waals surface area contributed by atoms with Crippen LogP contribution in [0.1, 0.15) is 24.1 Å². The standard InChI is InChI=1S/C27H21ClN2O5S/c1-3-35-19-11-6-16(7-12-19)24(31)22-23(15-4-9-18(34-2)10-5-15)30(26(33)25(22)32)27-29-20-13-8-17(28)14-21(20)36-27/h4-14,23,31H,3H2,1-2H3/b24-22+. The molecule has 1 N–H and O–H groups in total. The van der Waals surface area contributed by atoms with Gasteiger partial charge in [0.25, 0.3) is 5.78 Å². The molecular weight excluding hydrogens is 500 g/mol. The normalized spacial score (nSPS) is 17.1. The Morgan fingerprint density at radius 1 is 1.06 bits per heavy atom. The van der Waals surface area contributed by atoms with Gasteiger partial charge in [0.1, 0.15) is 17.3 Å². The highest BCUT2D eigenvalue weighted by atomic mass is 35.5. The first-order valence-corrected chi connectivity index (χ1v) is 12.3. The van der Waals surface area contributed by atoms with Gasteiger partial charge in [-0.2, -0.15) is 0 Å². The Hall–Kier alpha value is -3.88. The molecule has 1 saturated heterocycles. The van der Waals surface area contributed by atoms with Crippen LogP contribution in [0.2, 0.25) is 5.02 Å². The molecule has 2 heterocycles. The number of carbonyl (C=O) groups excluding carboxylic acids is 2. The number of halogens is 1. The first-order chi connectivity index (χ1) is 17.4. The van der Waals surface area contributed by atoms with Crippen LogP contribution in [0, 0.1) is 0 Å². The van der Waals surface area contributed by atoms with E-state index in [0.29, 0.717) is 44.9 Å². The number of thiazole rings is 1. The number of rotatable bonds is 6. The molecule has 182 valence electrons. The molecule has 0 spiro atoms. The summed E-state index contributed by atoms with van der Waals surface area (Å²) in [5.41, 5.74) is 1.65. The fourth-order valence-electron chi connectivity index (χ4n) is 4.15. The molecule has 1 aliphatic heterocycles. The van der Waals surface area contributed by atoms with E-state index in [1.54, 1.807) is 73.8 Å². The zero-order valence-electron chi connectivity index (χ0n) is 19.4. The molecule has 0 bridgehead atoms. The van der Waals surface area contributed by atoms with Crippen molar-refractivity contribution in [2.75, 3.05) is 18.6 Å². The van der Waals surface area contributed by atoms with Crippen LogP contribution in [0.15, 0.2) is 72.3 Å². The molecule has 0 saturated carbocycles. The van der Waals surface area contributed by atoms with Crippen molar-refractivity contribution in [3.05, 3.63) is 88.5 Å². The third kappa shape index (κ3) is 4.19. The van der Waals surface area contributed by atoms with E-state index >= 15 is 0 Å².